The van der Waals surface area contributed by atoms with Crippen molar-refractivity contribution in [3.8, 4) is 22.9 Å². The van der Waals surface area contributed by atoms with Crippen LogP contribution in [0.1, 0.15) is 53.6 Å². The normalized spacial score (nSPS) is 18.0. The summed E-state index contributed by atoms with van der Waals surface area (Å²) in [5.74, 6) is 1.88. The van der Waals surface area contributed by atoms with Crippen molar-refractivity contribution in [3.05, 3.63) is 108 Å². The van der Waals surface area contributed by atoms with E-state index in [-0.39, 0.29) is 0 Å². The number of fused-ring (bicyclic) bond motifs is 3. The van der Waals surface area contributed by atoms with Crippen LogP contribution in [0.25, 0.3) is 34.1 Å². The lowest BCUT2D eigenvalue weighted by atomic mass is 9.88. The molecule has 5 aromatic heterocycles. The highest BCUT2D eigenvalue weighted by molar-refractivity contribution is 5.83. The molecule has 8 rings (SSSR count). The van der Waals surface area contributed by atoms with E-state index in [2.05, 4.69) is 49.2 Å². The van der Waals surface area contributed by atoms with E-state index in [1.165, 1.54) is 28.7 Å². The minimum absolute atomic E-state index is 0.313. The Kier molecular flexibility index (Phi) is 5.63. The monoisotopic (exact) mass is 539 g/mol. The molecule has 1 unspecified atom stereocenters. The van der Waals surface area contributed by atoms with Crippen LogP contribution in [0.4, 0.5) is 5.82 Å². The Morgan fingerprint density at radius 2 is 1.80 bits per heavy atom. The van der Waals surface area contributed by atoms with Crippen molar-refractivity contribution in [2.45, 2.75) is 44.2 Å². The summed E-state index contributed by atoms with van der Waals surface area (Å²) < 4.78 is 3.85. The first-order valence-corrected chi connectivity index (χ1v) is 14.2. The van der Waals surface area contributed by atoms with E-state index in [9.17, 15) is 0 Å². The number of nitrogens with two attached hydrogens (primary N) is 1. The minimum atomic E-state index is 0.313. The van der Waals surface area contributed by atoms with Gasteiger partial charge in [-0.3, -0.25) is 9.55 Å². The van der Waals surface area contributed by atoms with Gasteiger partial charge >= 0.3 is 0 Å². The fourth-order valence-electron chi connectivity index (χ4n) is 6.47. The van der Waals surface area contributed by atoms with Crippen LogP contribution in [0, 0.1) is 0 Å². The van der Waals surface area contributed by atoms with Gasteiger partial charge in [-0.2, -0.15) is 5.10 Å². The molecule has 0 amide bonds. The molecule has 9 heteroatoms. The van der Waals surface area contributed by atoms with Crippen LogP contribution in [0.3, 0.4) is 0 Å². The molecule has 9 nitrogen and oxygen atoms in total. The molecule has 0 radical (unpaired) electrons. The SMILES string of the molecule is Nc1ncccc1-c1nc2ccc(-n3cccn3)nc2n1-c1ccc2c(c1)CC[C@@H]2NC1CCCc2ccncc21. The Balaban J connectivity index is 1.21. The molecule has 0 saturated carbocycles. The van der Waals surface area contributed by atoms with E-state index in [4.69, 9.17) is 15.7 Å². The van der Waals surface area contributed by atoms with Gasteiger partial charge in [0.25, 0.3) is 0 Å². The Morgan fingerprint density at radius 3 is 2.71 bits per heavy atom. The fourth-order valence-corrected chi connectivity index (χ4v) is 6.47. The summed E-state index contributed by atoms with van der Waals surface area (Å²) in [6, 6.07) is 19.2. The van der Waals surface area contributed by atoms with Crippen molar-refractivity contribution in [3.63, 3.8) is 0 Å². The number of aryl methyl sites for hydroxylation is 2. The number of hydrogen-bond acceptors (Lipinski definition) is 7. The van der Waals surface area contributed by atoms with Crippen LogP contribution in [0.2, 0.25) is 0 Å². The summed E-state index contributed by atoms with van der Waals surface area (Å²) in [7, 11) is 0. The molecule has 0 spiro atoms. The number of nitrogen functional groups attached to an aromatic ring is 1. The zero-order chi connectivity index (χ0) is 27.3. The molecule has 3 N–H and O–H groups in total. The Hall–Kier alpha value is -4.89. The Labute approximate surface area is 237 Å². The Bertz CT molecular complexity index is 1890. The average Bonchev–Trinajstić information content (AvgIpc) is 3.76. The molecular weight excluding hydrogens is 510 g/mol. The number of anilines is 1. The van der Waals surface area contributed by atoms with Gasteiger partial charge in [-0.15, -0.1) is 0 Å². The first-order valence-electron chi connectivity index (χ1n) is 14.2. The number of benzene rings is 1. The maximum Gasteiger partial charge on any atom is 0.167 e. The second-order valence-corrected chi connectivity index (χ2v) is 10.8. The summed E-state index contributed by atoms with van der Waals surface area (Å²) in [6.45, 7) is 0. The summed E-state index contributed by atoms with van der Waals surface area (Å²) in [4.78, 5) is 18.7. The van der Waals surface area contributed by atoms with E-state index in [1.54, 1.807) is 17.1 Å². The predicted octanol–water partition coefficient (Wildman–Crippen LogP) is 5.30. The number of aromatic nitrogens is 7. The van der Waals surface area contributed by atoms with Crippen molar-refractivity contribution in [2.24, 2.45) is 0 Å². The van der Waals surface area contributed by atoms with Crippen molar-refractivity contribution in [1.29, 1.82) is 0 Å². The van der Waals surface area contributed by atoms with E-state index in [1.807, 2.05) is 48.9 Å². The standard InChI is InChI=1S/C32H29N9/c33-30-24(5-2-14-35-30)31-38-28-11-12-29(40-17-3-15-36-40)39-32(28)41(31)22-8-9-23-21(18-22)7-10-27(23)37-26-6-1-4-20-13-16-34-19-25(20)26/h2-3,5,8-9,11-19,26-27,37H,1,4,6-7,10H2,(H2,33,35)/t26?,27-/m0/s1. The number of imidazole rings is 1. The molecule has 0 aliphatic heterocycles. The van der Waals surface area contributed by atoms with Crippen molar-refractivity contribution in [2.75, 3.05) is 5.73 Å². The van der Waals surface area contributed by atoms with Crippen LogP contribution < -0.4 is 11.1 Å². The topological polar surface area (TPSA) is 112 Å². The van der Waals surface area contributed by atoms with Crippen molar-refractivity contribution >= 4 is 17.0 Å². The van der Waals surface area contributed by atoms with Crippen LogP contribution in [0.15, 0.2) is 85.6 Å². The zero-order valence-electron chi connectivity index (χ0n) is 22.5. The van der Waals surface area contributed by atoms with Crippen molar-refractivity contribution < 1.29 is 0 Å². The lowest BCUT2D eigenvalue weighted by Gasteiger charge is -2.29. The van der Waals surface area contributed by atoms with Gasteiger partial charge in [0.15, 0.2) is 17.3 Å². The summed E-state index contributed by atoms with van der Waals surface area (Å²) in [5, 5.41) is 8.35. The maximum absolute atomic E-state index is 6.35. The van der Waals surface area contributed by atoms with E-state index >= 15 is 0 Å². The van der Waals surface area contributed by atoms with Crippen LogP contribution in [-0.4, -0.2) is 34.3 Å². The van der Waals surface area contributed by atoms with Gasteiger partial charge in [-0.25, -0.2) is 19.6 Å². The first kappa shape index (κ1) is 24.0. The molecule has 6 aromatic rings. The molecule has 2 atom stereocenters. The molecule has 202 valence electrons. The van der Waals surface area contributed by atoms with Crippen molar-refractivity contribution in [1.82, 2.24) is 39.6 Å². The lowest BCUT2D eigenvalue weighted by Crippen LogP contribution is -2.28. The van der Waals surface area contributed by atoms with Gasteiger partial charge in [-0.05, 0) is 103 Å². The number of nitrogens with zero attached hydrogens (tertiary/aromatic N) is 7. The molecule has 0 bridgehead atoms. The first-order chi connectivity index (χ1) is 20.2. The summed E-state index contributed by atoms with van der Waals surface area (Å²) in [5.41, 5.74) is 15.1. The van der Waals surface area contributed by atoms with Gasteiger partial charge in [0.2, 0.25) is 0 Å². The number of hydrogen-bond donors (Lipinski definition) is 2. The molecule has 1 aromatic carbocycles. The fraction of sp³-hybridized carbons (Fsp3) is 0.219. The molecule has 0 saturated heterocycles. The highest BCUT2D eigenvalue weighted by Crippen LogP contribution is 2.39. The molecule has 41 heavy (non-hydrogen) atoms. The van der Waals surface area contributed by atoms with E-state index < -0.39 is 0 Å². The minimum Gasteiger partial charge on any atom is -0.383 e. The maximum atomic E-state index is 6.35. The molecular formula is C32H29N9. The number of rotatable bonds is 5. The predicted molar refractivity (Wildman–Crippen MR) is 158 cm³/mol. The van der Waals surface area contributed by atoms with Gasteiger partial charge in [0, 0.05) is 48.8 Å². The smallest absolute Gasteiger partial charge is 0.167 e. The second kappa shape index (κ2) is 9.64. The highest BCUT2D eigenvalue weighted by Gasteiger charge is 2.29. The van der Waals surface area contributed by atoms with E-state index in [0.717, 1.165) is 59.7 Å². The number of pyridine rings is 3. The zero-order valence-corrected chi connectivity index (χ0v) is 22.5. The largest absolute Gasteiger partial charge is 0.383 e. The van der Waals surface area contributed by atoms with Gasteiger partial charge < -0.3 is 11.1 Å². The molecule has 5 heterocycles. The third kappa shape index (κ3) is 4.08. The lowest BCUT2D eigenvalue weighted by molar-refractivity contribution is 0.397. The molecule has 2 aliphatic carbocycles. The van der Waals surface area contributed by atoms with Crippen LogP contribution in [-0.2, 0) is 12.8 Å². The van der Waals surface area contributed by atoms with Crippen LogP contribution in [0.5, 0.6) is 0 Å². The summed E-state index contributed by atoms with van der Waals surface area (Å²) in [6.07, 6.45) is 14.9. The second-order valence-electron chi connectivity index (χ2n) is 10.8. The molecule has 2 aliphatic rings. The quantitative estimate of drug-likeness (QED) is 0.306. The number of nitrogens with one attached hydrogen (secondary N) is 1. The van der Waals surface area contributed by atoms with E-state index in [0.29, 0.717) is 17.9 Å². The third-order valence-electron chi connectivity index (χ3n) is 8.43. The summed E-state index contributed by atoms with van der Waals surface area (Å²) >= 11 is 0. The Morgan fingerprint density at radius 1 is 0.854 bits per heavy atom. The highest BCUT2D eigenvalue weighted by atomic mass is 15.3. The average molecular weight is 540 g/mol. The third-order valence-corrected chi connectivity index (χ3v) is 8.43. The van der Waals surface area contributed by atoms with Gasteiger partial charge in [0.05, 0.1) is 5.56 Å². The van der Waals surface area contributed by atoms with Crippen LogP contribution >= 0.6 is 0 Å². The van der Waals surface area contributed by atoms with Gasteiger partial charge in [-0.1, -0.05) is 6.07 Å². The van der Waals surface area contributed by atoms with Gasteiger partial charge in [0.1, 0.15) is 11.3 Å². The molecule has 0 fully saturated rings.